The number of nitrogens with zero attached hydrogens (tertiary/aromatic N) is 1. The van der Waals surface area contributed by atoms with Crippen LogP contribution in [-0.4, -0.2) is 52.7 Å². The number of hydrogen-bond acceptors (Lipinski definition) is 5. The van der Waals surface area contributed by atoms with Gasteiger partial charge in [0.25, 0.3) is 0 Å². The van der Waals surface area contributed by atoms with Crippen molar-refractivity contribution in [3.8, 4) is 0 Å². The summed E-state index contributed by atoms with van der Waals surface area (Å²) in [6.07, 6.45) is 0.716. The van der Waals surface area contributed by atoms with E-state index in [1.807, 2.05) is 0 Å². The number of sulfone groups is 1. The first-order valence-electron chi connectivity index (χ1n) is 7.02. The van der Waals surface area contributed by atoms with Crippen molar-refractivity contribution in [2.75, 3.05) is 37.8 Å². The summed E-state index contributed by atoms with van der Waals surface area (Å²) in [5.74, 6) is -3.43. The molecule has 1 aromatic rings. The van der Waals surface area contributed by atoms with E-state index in [0.717, 1.165) is 0 Å². The highest BCUT2D eigenvalue weighted by atomic mass is 32.2. The molecule has 8 heteroatoms. The number of anilines is 1. The van der Waals surface area contributed by atoms with Gasteiger partial charge in [-0.1, -0.05) is 12.1 Å². The molecule has 2 aliphatic heterocycles. The van der Waals surface area contributed by atoms with Gasteiger partial charge in [0.05, 0.1) is 23.8 Å². The second-order valence-electron chi connectivity index (χ2n) is 5.53. The maximum atomic E-state index is 12.9. The molecule has 22 heavy (non-hydrogen) atoms. The highest BCUT2D eigenvalue weighted by Gasteiger charge is 2.41. The number of morpholine rings is 1. The lowest BCUT2D eigenvalue weighted by atomic mass is 10.0. The molecule has 1 unspecified atom stereocenters. The monoisotopic (exact) mass is 333 g/mol. The van der Waals surface area contributed by atoms with E-state index in [2.05, 4.69) is 0 Å². The van der Waals surface area contributed by atoms with E-state index in [4.69, 9.17) is 9.47 Å². The van der Waals surface area contributed by atoms with Crippen LogP contribution in [0.1, 0.15) is 6.42 Å². The van der Waals surface area contributed by atoms with Gasteiger partial charge in [-0.3, -0.25) is 0 Å². The van der Waals surface area contributed by atoms with Crippen molar-refractivity contribution >= 4 is 15.5 Å². The second-order valence-corrected chi connectivity index (χ2v) is 7.42. The molecule has 0 bridgehead atoms. The molecule has 2 heterocycles. The minimum atomic E-state index is -4.64. The fourth-order valence-electron chi connectivity index (χ4n) is 2.93. The number of hydrogen-bond donors (Lipinski definition) is 0. The highest BCUT2D eigenvalue weighted by molar-refractivity contribution is 7.91. The summed E-state index contributed by atoms with van der Waals surface area (Å²) in [7, 11) is -4.64. The molecule has 2 fully saturated rings. The van der Waals surface area contributed by atoms with Gasteiger partial charge in [-0.15, -0.1) is 0 Å². The van der Waals surface area contributed by atoms with Gasteiger partial charge in [-0.05, 0) is 12.1 Å². The SMILES string of the molecule is O=S(=O)(c1ccccc1N1CCOC2(CCOC2)C1)C(F)F. The number of benzene rings is 1. The molecule has 0 radical (unpaired) electrons. The number of para-hydroxylation sites is 1. The van der Waals surface area contributed by atoms with Gasteiger partial charge in [0, 0.05) is 26.1 Å². The van der Waals surface area contributed by atoms with Gasteiger partial charge in [0.15, 0.2) is 0 Å². The Morgan fingerprint density at radius 1 is 1.23 bits per heavy atom. The van der Waals surface area contributed by atoms with E-state index >= 15 is 0 Å². The number of alkyl halides is 2. The highest BCUT2D eigenvalue weighted by Crippen LogP contribution is 2.34. The van der Waals surface area contributed by atoms with E-state index in [0.29, 0.717) is 45.0 Å². The van der Waals surface area contributed by atoms with Crippen molar-refractivity contribution in [3.63, 3.8) is 0 Å². The van der Waals surface area contributed by atoms with Crippen LogP contribution in [0.15, 0.2) is 29.2 Å². The number of halogens is 2. The zero-order valence-electron chi connectivity index (χ0n) is 11.9. The first-order chi connectivity index (χ1) is 10.4. The third-order valence-electron chi connectivity index (χ3n) is 4.06. The van der Waals surface area contributed by atoms with Crippen LogP contribution >= 0.6 is 0 Å². The van der Waals surface area contributed by atoms with Gasteiger partial charge in [0.2, 0.25) is 9.84 Å². The topological polar surface area (TPSA) is 55.8 Å². The first-order valence-corrected chi connectivity index (χ1v) is 8.57. The summed E-state index contributed by atoms with van der Waals surface area (Å²) in [5.41, 5.74) is -0.169. The average molecular weight is 333 g/mol. The molecule has 1 spiro atoms. The summed E-state index contributed by atoms with van der Waals surface area (Å²) in [6, 6.07) is 5.88. The number of rotatable bonds is 3. The van der Waals surface area contributed by atoms with Crippen LogP contribution in [0.4, 0.5) is 14.5 Å². The van der Waals surface area contributed by atoms with Gasteiger partial charge >= 0.3 is 5.76 Å². The van der Waals surface area contributed by atoms with Crippen LogP contribution in [0, 0.1) is 0 Å². The van der Waals surface area contributed by atoms with Crippen LogP contribution in [0.5, 0.6) is 0 Å². The number of ether oxygens (including phenoxy) is 2. The largest absolute Gasteiger partial charge is 0.378 e. The second kappa shape index (κ2) is 5.75. The van der Waals surface area contributed by atoms with Gasteiger partial charge in [0.1, 0.15) is 5.60 Å². The van der Waals surface area contributed by atoms with Crippen LogP contribution in [0.2, 0.25) is 0 Å². The Balaban J connectivity index is 1.95. The molecule has 5 nitrogen and oxygen atoms in total. The van der Waals surface area contributed by atoms with E-state index < -0.39 is 21.2 Å². The summed E-state index contributed by atoms with van der Waals surface area (Å²) >= 11 is 0. The Labute approximate surface area is 127 Å². The summed E-state index contributed by atoms with van der Waals surface area (Å²) in [6.45, 7) is 2.32. The van der Waals surface area contributed by atoms with Crippen molar-refractivity contribution in [2.45, 2.75) is 22.7 Å². The van der Waals surface area contributed by atoms with E-state index in [1.165, 1.54) is 12.1 Å². The molecule has 0 saturated carbocycles. The smallest absolute Gasteiger partial charge is 0.341 e. The lowest BCUT2D eigenvalue weighted by Gasteiger charge is -2.41. The third-order valence-corrected chi connectivity index (χ3v) is 5.49. The molecule has 3 rings (SSSR count). The maximum absolute atomic E-state index is 12.9. The molecular weight excluding hydrogens is 316 g/mol. The van der Waals surface area contributed by atoms with Crippen LogP contribution < -0.4 is 4.90 Å². The van der Waals surface area contributed by atoms with Crippen molar-refractivity contribution in [1.82, 2.24) is 0 Å². The first kappa shape index (κ1) is 15.6. The molecule has 2 aliphatic rings. The Kier molecular flexibility index (Phi) is 4.09. The molecule has 122 valence electrons. The fraction of sp³-hybridized carbons (Fsp3) is 0.571. The molecule has 0 aliphatic carbocycles. The predicted molar refractivity (Wildman–Crippen MR) is 76.0 cm³/mol. The van der Waals surface area contributed by atoms with Crippen molar-refractivity contribution in [3.05, 3.63) is 24.3 Å². The fourth-order valence-corrected chi connectivity index (χ4v) is 3.88. The predicted octanol–water partition coefficient (Wildman–Crippen LogP) is 1.68. The molecular formula is C14H17F2NO4S. The quantitative estimate of drug-likeness (QED) is 0.842. The summed E-state index contributed by atoms with van der Waals surface area (Å²) in [5, 5.41) is 0. The Morgan fingerprint density at radius 3 is 2.68 bits per heavy atom. The van der Waals surface area contributed by atoms with Crippen molar-refractivity contribution in [1.29, 1.82) is 0 Å². The Morgan fingerprint density at radius 2 is 2.00 bits per heavy atom. The van der Waals surface area contributed by atoms with Crippen LogP contribution in [0.3, 0.4) is 0 Å². The van der Waals surface area contributed by atoms with Gasteiger partial charge in [-0.2, -0.15) is 8.78 Å². The molecule has 2 saturated heterocycles. The van der Waals surface area contributed by atoms with Gasteiger partial charge < -0.3 is 14.4 Å². The average Bonchev–Trinajstić information content (AvgIpc) is 2.95. The lowest BCUT2D eigenvalue weighted by molar-refractivity contribution is -0.0580. The molecule has 1 atom stereocenters. The minimum absolute atomic E-state index is 0.303. The minimum Gasteiger partial charge on any atom is -0.378 e. The van der Waals surface area contributed by atoms with Crippen molar-refractivity contribution < 1.29 is 26.7 Å². The van der Waals surface area contributed by atoms with Crippen LogP contribution in [-0.2, 0) is 19.3 Å². The third kappa shape index (κ3) is 2.70. The summed E-state index contributed by atoms with van der Waals surface area (Å²) in [4.78, 5) is 1.47. The lowest BCUT2D eigenvalue weighted by Crippen LogP contribution is -2.52. The summed E-state index contributed by atoms with van der Waals surface area (Å²) < 4.78 is 60.7. The van der Waals surface area contributed by atoms with Crippen molar-refractivity contribution in [2.24, 2.45) is 0 Å². The zero-order chi connectivity index (χ0) is 15.8. The van der Waals surface area contributed by atoms with Gasteiger partial charge in [-0.25, -0.2) is 8.42 Å². The molecule has 0 amide bonds. The zero-order valence-corrected chi connectivity index (χ0v) is 12.7. The van der Waals surface area contributed by atoms with E-state index in [1.54, 1.807) is 17.0 Å². The van der Waals surface area contributed by atoms with E-state index in [9.17, 15) is 17.2 Å². The Hall–Kier alpha value is -1.25. The maximum Gasteiger partial charge on any atom is 0.341 e. The normalized spacial score (nSPS) is 26.0. The standard InChI is InChI=1S/C14H17F2NO4S/c15-13(16)22(18,19)12-4-2-1-3-11(12)17-6-8-21-14(9-17)5-7-20-10-14/h1-4,13H,5-10H2. The van der Waals surface area contributed by atoms with E-state index in [-0.39, 0.29) is 4.90 Å². The molecule has 0 N–H and O–H groups in total. The Bertz CT molecular complexity index is 644. The molecule has 1 aromatic carbocycles. The van der Waals surface area contributed by atoms with Crippen LogP contribution in [0.25, 0.3) is 0 Å². The molecule has 0 aromatic heterocycles.